The molecule has 1 aliphatic heterocycles. The molecule has 2 aromatic rings. The van der Waals surface area contributed by atoms with Gasteiger partial charge in [-0.15, -0.1) is 0 Å². The van der Waals surface area contributed by atoms with Gasteiger partial charge in [0.15, 0.2) is 5.11 Å². The van der Waals surface area contributed by atoms with Gasteiger partial charge < -0.3 is 15.1 Å². The summed E-state index contributed by atoms with van der Waals surface area (Å²) in [5, 5.41) is 3.92. The minimum Gasteiger partial charge on any atom is -0.368 e. The lowest BCUT2D eigenvalue weighted by Crippen LogP contribution is -2.50. The summed E-state index contributed by atoms with van der Waals surface area (Å²) >= 11 is 5.52. The number of alkyl halides is 3. The molecule has 3 nitrogen and oxygen atoms in total. The fraction of sp³-hybridized carbons (Fsp3) is 0.350. The number of benzene rings is 2. The number of nitrogens with one attached hydrogen (secondary N) is 1. The Morgan fingerprint density at radius 2 is 1.70 bits per heavy atom. The first-order chi connectivity index (χ1) is 12.7. The van der Waals surface area contributed by atoms with Crippen molar-refractivity contribution in [1.82, 2.24) is 4.90 Å². The van der Waals surface area contributed by atoms with E-state index in [4.69, 9.17) is 12.2 Å². The van der Waals surface area contributed by atoms with Gasteiger partial charge in [0.1, 0.15) is 0 Å². The van der Waals surface area contributed by atoms with E-state index < -0.39 is 11.7 Å². The molecule has 0 bridgehead atoms. The van der Waals surface area contributed by atoms with Crippen molar-refractivity contribution in [3.63, 3.8) is 0 Å². The van der Waals surface area contributed by atoms with E-state index in [9.17, 15) is 13.2 Å². The van der Waals surface area contributed by atoms with E-state index in [1.807, 2.05) is 30.9 Å². The molecule has 1 fully saturated rings. The van der Waals surface area contributed by atoms with Crippen LogP contribution in [-0.2, 0) is 6.18 Å². The van der Waals surface area contributed by atoms with Crippen LogP contribution in [0.25, 0.3) is 0 Å². The Balaban J connectivity index is 1.61. The molecule has 0 radical (unpaired) electrons. The molecule has 27 heavy (non-hydrogen) atoms. The van der Waals surface area contributed by atoms with Gasteiger partial charge in [-0.1, -0.05) is 23.8 Å². The number of rotatable bonds is 2. The molecule has 1 saturated heterocycles. The molecule has 144 valence electrons. The van der Waals surface area contributed by atoms with Gasteiger partial charge in [-0.05, 0) is 55.9 Å². The molecule has 0 unspecified atom stereocenters. The Morgan fingerprint density at radius 3 is 2.33 bits per heavy atom. The quantitative estimate of drug-likeness (QED) is 0.736. The van der Waals surface area contributed by atoms with Gasteiger partial charge in [0.2, 0.25) is 0 Å². The maximum Gasteiger partial charge on any atom is 0.416 e. The van der Waals surface area contributed by atoms with E-state index in [2.05, 4.69) is 16.3 Å². The average Bonchev–Trinajstić information content (AvgIpc) is 2.63. The number of anilines is 2. The van der Waals surface area contributed by atoms with Gasteiger partial charge in [0.25, 0.3) is 0 Å². The molecular formula is C20H22F3N3S. The van der Waals surface area contributed by atoms with Gasteiger partial charge in [-0.25, -0.2) is 0 Å². The van der Waals surface area contributed by atoms with E-state index in [0.717, 1.165) is 17.3 Å². The second kappa shape index (κ2) is 7.76. The van der Waals surface area contributed by atoms with Crippen LogP contribution < -0.4 is 10.2 Å². The van der Waals surface area contributed by atoms with Crippen LogP contribution in [0.2, 0.25) is 0 Å². The van der Waals surface area contributed by atoms with Crippen LogP contribution in [0.4, 0.5) is 24.5 Å². The molecule has 0 aromatic heterocycles. The van der Waals surface area contributed by atoms with E-state index >= 15 is 0 Å². The fourth-order valence-corrected chi connectivity index (χ4v) is 3.49. The number of piperazine rings is 1. The van der Waals surface area contributed by atoms with Crippen LogP contribution in [0.5, 0.6) is 0 Å². The third kappa shape index (κ3) is 4.71. The van der Waals surface area contributed by atoms with Crippen LogP contribution in [-0.4, -0.2) is 36.2 Å². The number of halogens is 3. The molecule has 2 aromatic carbocycles. The van der Waals surface area contributed by atoms with Gasteiger partial charge >= 0.3 is 6.18 Å². The van der Waals surface area contributed by atoms with Crippen LogP contribution in [0.3, 0.4) is 0 Å². The van der Waals surface area contributed by atoms with E-state index in [-0.39, 0.29) is 0 Å². The lowest BCUT2D eigenvalue weighted by Gasteiger charge is -2.37. The first-order valence-electron chi connectivity index (χ1n) is 8.79. The van der Waals surface area contributed by atoms with Crippen LogP contribution in [0, 0.1) is 13.8 Å². The van der Waals surface area contributed by atoms with Crippen molar-refractivity contribution in [2.45, 2.75) is 20.0 Å². The first kappa shape index (κ1) is 19.5. The summed E-state index contributed by atoms with van der Waals surface area (Å²) in [5.41, 5.74) is 3.27. The Morgan fingerprint density at radius 1 is 1.00 bits per heavy atom. The number of aryl methyl sites for hydroxylation is 2. The zero-order valence-electron chi connectivity index (χ0n) is 15.3. The highest BCUT2D eigenvalue weighted by atomic mass is 32.1. The zero-order valence-corrected chi connectivity index (χ0v) is 16.1. The largest absolute Gasteiger partial charge is 0.416 e. The van der Waals surface area contributed by atoms with Gasteiger partial charge in [0.05, 0.1) is 5.56 Å². The lowest BCUT2D eigenvalue weighted by atomic mass is 10.1. The molecule has 0 amide bonds. The van der Waals surface area contributed by atoms with Crippen molar-refractivity contribution >= 4 is 28.7 Å². The second-order valence-corrected chi connectivity index (χ2v) is 7.16. The number of thiocarbonyl (C=S) groups is 1. The summed E-state index contributed by atoms with van der Waals surface area (Å²) in [5.74, 6) is 0. The molecule has 0 spiro atoms. The molecule has 0 aliphatic carbocycles. The minimum atomic E-state index is -4.32. The third-order valence-corrected chi connectivity index (χ3v) is 5.09. The van der Waals surface area contributed by atoms with E-state index in [1.54, 1.807) is 6.07 Å². The predicted molar refractivity (Wildman–Crippen MR) is 107 cm³/mol. The summed E-state index contributed by atoms with van der Waals surface area (Å²) in [6.07, 6.45) is -4.32. The Kier molecular flexibility index (Phi) is 5.60. The summed E-state index contributed by atoms with van der Waals surface area (Å²) in [7, 11) is 0. The highest BCUT2D eigenvalue weighted by Gasteiger charge is 2.31. The van der Waals surface area contributed by atoms with Crippen molar-refractivity contribution in [3.05, 3.63) is 59.2 Å². The minimum absolute atomic E-state index is 0.595. The van der Waals surface area contributed by atoms with Crippen molar-refractivity contribution in [3.8, 4) is 0 Å². The molecule has 1 N–H and O–H groups in total. The lowest BCUT2D eigenvalue weighted by molar-refractivity contribution is -0.137. The molecule has 3 rings (SSSR count). The van der Waals surface area contributed by atoms with Gasteiger partial charge in [-0.2, -0.15) is 13.2 Å². The smallest absolute Gasteiger partial charge is 0.368 e. The summed E-state index contributed by atoms with van der Waals surface area (Å²) in [4.78, 5) is 4.02. The van der Waals surface area contributed by atoms with Gasteiger partial charge in [0, 0.05) is 37.6 Å². The van der Waals surface area contributed by atoms with Crippen molar-refractivity contribution in [2.24, 2.45) is 0 Å². The Bertz CT molecular complexity index is 827. The molecule has 7 heteroatoms. The molecule has 1 aliphatic rings. The van der Waals surface area contributed by atoms with Crippen LogP contribution >= 0.6 is 12.2 Å². The highest BCUT2D eigenvalue weighted by molar-refractivity contribution is 7.80. The van der Waals surface area contributed by atoms with Gasteiger partial charge in [-0.3, -0.25) is 0 Å². The standard InChI is InChI=1S/C20H22F3N3S/c1-14-6-7-18(15(2)12-14)24-19(27)26-10-8-25(9-11-26)17-5-3-4-16(13-17)20(21,22)23/h3-7,12-13H,8-11H2,1-2H3,(H,24,27). The predicted octanol–water partition coefficient (Wildman–Crippen LogP) is 4.84. The highest BCUT2D eigenvalue weighted by Crippen LogP contribution is 2.32. The topological polar surface area (TPSA) is 18.5 Å². The first-order valence-corrected chi connectivity index (χ1v) is 9.20. The van der Waals surface area contributed by atoms with Crippen LogP contribution in [0.15, 0.2) is 42.5 Å². The second-order valence-electron chi connectivity index (χ2n) is 6.77. The fourth-order valence-electron chi connectivity index (χ4n) is 3.19. The van der Waals surface area contributed by atoms with Crippen molar-refractivity contribution in [2.75, 3.05) is 36.4 Å². The van der Waals surface area contributed by atoms with Crippen molar-refractivity contribution < 1.29 is 13.2 Å². The zero-order chi connectivity index (χ0) is 19.6. The van der Waals surface area contributed by atoms with Crippen LogP contribution in [0.1, 0.15) is 16.7 Å². The summed E-state index contributed by atoms with van der Waals surface area (Å²) in [6, 6.07) is 11.6. The summed E-state index contributed by atoms with van der Waals surface area (Å²) in [6.45, 7) is 6.64. The Labute approximate surface area is 162 Å². The number of hydrogen-bond donors (Lipinski definition) is 1. The number of nitrogens with zero attached hydrogens (tertiary/aromatic N) is 2. The van der Waals surface area contributed by atoms with Crippen molar-refractivity contribution in [1.29, 1.82) is 0 Å². The molecule has 0 saturated carbocycles. The molecular weight excluding hydrogens is 371 g/mol. The van der Waals surface area contributed by atoms with E-state index in [0.29, 0.717) is 37.0 Å². The molecule has 1 heterocycles. The maximum absolute atomic E-state index is 12.9. The SMILES string of the molecule is Cc1ccc(NC(=S)N2CCN(c3cccc(C(F)(F)F)c3)CC2)c(C)c1. The average molecular weight is 393 g/mol. The normalized spacial score (nSPS) is 15.0. The number of hydrogen-bond acceptors (Lipinski definition) is 2. The summed E-state index contributed by atoms with van der Waals surface area (Å²) < 4.78 is 38.7. The monoisotopic (exact) mass is 393 g/mol. The molecule has 0 atom stereocenters. The Hall–Kier alpha value is -2.28. The third-order valence-electron chi connectivity index (χ3n) is 4.73. The maximum atomic E-state index is 12.9. The van der Waals surface area contributed by atoms with E-state index in [1.165, 1.54) is 17.7 Å².